The lowest BCUT2D eigenvalue weighted by Gasteiger charge is -2.04. The molecular formula is C10H5ClN4O2. The van der Waals surface area contributed by atoms with Crippen molar-refractivity contribution in [3.63, 3.8) is 0 Å². The SMILES string of the molecule is N#Cc1nccn1-c1ccc(Cl)c(C(=O)O)n1. The standard InChI is InChI=1S/C10H5ClN4O2/c11-6-1-2-7(14-9(6)10(16)17)15-4-3-13-8(15)5-12/h1-4H,(H,16,17). The summed E-state index contributed by atoms with van der Waals surface area (Å²) in [4.78, 5) is 18.5. The van der Waals surface area contributed by atoms with Crippen LogP contribution in [0.2, 0.25) is 5.02 Å². The Bertz CT molecular complexity index is 629. The molecule has 0 bridgehead atoms. The summed E-state index contributed by atoms with van der Waals surface area (Å²) in [6.45, 7) is 0. The summed E-state index contributed by atoms with van der Waals surface area (Å²) in [7, 11) is 0. The third-order valence-electron chi connectivity index (χ3n) is 2.02. The molecule has 84 valence electrons. The summed E-state index contributed by atoms with van der Waals surface area (Å²) in [5, 5.41) is 17.7. The summed E-state index contributed by atoms with van der Waals surface area (Å²) < 4.78 is 1.38. The molecule has 0 amide bonds. The van der Waals surface area contributed by atoms with Gasteiger partial charge in [-0.15, -0.1) is 0 Å². The summed E-state index contributed by atoms with van der Waals surface area (Å²) in [6.07, 6.45) is 2.94. The quantitative estimate of drug-likeness (QED) is 0.869. The van der Waals surface area contributed by atoms with Crippen LogP contribution >= 0.6 is 11.6 Å². The topological polar surface area (TPSA) is 91.8 Å². The van der Waals surface area contributed by atoms with Gasteiger partial charge >= 0.3 is 5.97 Å². The number of pyridine rings is 1. The molecule has 1 N–H and O–H groups in total. The number of aromatic carboxylic acids is 1. The first-order valence-electron chi connectivity index (χ1n) is 4.47. The van der Waals surface area contributed by atoms with Crippen molar-refractivity contribution >= 4 is 17.6 Å². The Balaban J connectivity index is 2.59. The number of nitrogens with zero attached hydrogens (tertiary/aromatic N) is 4. The first kappa shape index (κ1) is 11.1. The van der Waals surface area contributed by atoms with Gasteiger partial charge in [-0.05, 0) is 12.1 Å². The van der Waals surface area contributed by atoms with Crippen molar-refractivity contribution in [2.24, 2.45) is 0 Å². The minimum Gasteiger partial charge on any atom is -0.476 e. The predicted molar refractivity (Wildman–Crippen MR) is 58.0 cm³/mol. The molecule has 0 radical (unpaired) electrons. The molecule has 0 atom stereocenters. The van der Waals surface area contributed by atoms with Gasteiger partial charge < -0.3 is 5.11 Å². The molecule has 0 aliphatic heterocycles. The monoisotopic (exact) mass is 248 g/mol. The molecule has 0 unspecified atom stereocenters. The lowest BCUT2D eigenvalue weighted by molar-refractivity contribution is 0.0690. The lowest BCUT2D eigenvalue weighted by atomic mass is 10.3. The number of rotatable bonds is 2. The van der Waals surface area contributed by atoms with Gasteiger partial charge in [0.05, 0.1) is 5.02 Å². The molecule has 7 heteroatoms. The van der Waals surface area contributed by atoms with Crippen LogP contribution in [0.1, 0.15) is 16.3 Å². The molecule has 0 spiro atoms. The van der Waals surface area contributed by atoms with Crippen molar-refractivity contribution in [3.05, 3.63) is 41.1 Å². The third-order valence-corrected chi connectivity index (χ3v) is 2.33. The number of hydrogen-bond donors (Lipinski definition) is 1. The van der Waals surface area contributed by atoms with Crippen LogP contribution in [-0.4, -0.2) is 25.6 Å². The lowest BCUT2D eigenvalue weighted by Crippen LogP contribution is -2.06. The van der Waals surface area contributed by atoms with Gasteiger partial charge in [0.15, 0.2) is 5.69 Å². The van der Waals surface area contributed by atoms with Crippen LogP contribution in [0, 0.1) is 11.3 Å². The van der Waals surface area contributed by atoms with E-state index in [2.05, 4.69) is 9.97 Å². The maximum atomic E-state index is 10.9. The highest BCUT2D eigenvalue weighted by Crippen LogP contribution is 2.17. The fourth-order valence-electron chi connectivity index (χ4n) is 1.29. The molecule has 2 rings (SSSR count). The van der Waals surface area contributed by atoms with Crippen LogP contribution < -0.4 is 0 Å². The second kappa shape index (κ2) is 4.23. The highest BCUT2D eigenvalue weighted by atomic mass is 35.5. The van der Waals surface area contributed by atoms with Crippen molar-refractivity contribution in [2.45, 2.75) is 0 Å². The molecule has 0 aromatic carbocycles. The van der Waals surface area contributed by atoms with Crippen molar-refractivity contribution < 1.29 is 9.90 Å². The number of halogens is 1. The number of carboxylic acid groups (broad SMARTS) is 1. The first-order chi connectivity index (χ1) is 8.13. The van der Waals surface area contributed by atoms with Crippen LogP contribution in [-0.2, 0) is 0 Å². The van der Waals surface area contributed by atoms with Gasteiger partial charge in [-0.3, -0.25) is 4.57 Å². The summed E-state index contributed by atoms with van der Waals surface area (Å²) in [6, 6.07) is 4.79. The Morgan fingerprint density at radius 3 is 2.94 bits per heavy atom. The minimum absolute atomic E-state index is 0.0415. The number of imidazole rings is 1. The van der Waals surface area contributed by atoms with Gasteiger partial charge in [0.1, 0.15) is 11.9 Å². The minimum atomic E-state index is -1.23. The van der Waals surface area contributed by atoms with E-state index >= 15 is 0 Å². The number of aromatic nitrogens is 3. The Morgan fingerprint density at radius 1 is 1.53 bits per heavy atom. The smallest absolute Gasteiger partial charge is 0.356 e. The highest BCUT2D eigenvalue weighted by Gasteiger charge is 2.13. The number of carbonyl (C=O) groups is 1. The van der Waals surface area contributed by atoms with E-state index in [4.69, 9.17) is 22.0 Å². The second-order valence-electron chi connectivity index (χ2n) is 3.04. The van der Waals surface area contributed by atoms with Crippen molar-refractivity contribution in [1.29, 1.82) is 5.26 Å². The average molecular weight is 249 g/mol. The molecule has 0 aliphatic rings. The van der Waals surface area contributed by atoms with Gasteiger partial charge in [0.2, 0.25) is 5.82 Å². The fourth-order valence-corrected chi connectivity index (χ4v) is 1.47. The van der Waals surface area contributed by atoms with E-state index in [1.54, 1.807) is 0 Å². The summed E-state index contributed by atoms with van der Waals surface area (Å²) in [5.41, 5.74) is -0.262. The predicted octanol–water partition coefficient (Wildman–Crippen LogP) is 1.49. The largest absolute Gasteiger partial charge is 0.476 e. The van der Waals surface area contributed by atoms with Gasteiger partial charge in [0.25, 0.3) is 0 Å². The van der Waals surface area contributed by atoms with Gasteiger partial charge in [-0.2, -0.15) is 5.26 Å². The maximum absolute atomic E-state index is 10.9. The Labute approximate surface area is 101 Å². The average Bonchev–Trinajstić information content (AvgIpc) is 2.77. The van der Waals surface area contributed by atoms with E-state index in [0.717, 1.165) is 0 Å². The molecule has 0 saturated heterocycles. The van der Waals surface area contributed by atoms with E-state index in [-0.39, 0.29) is 22.4 Å². The first-order valence-corrected chi connectivity index (χ1v) is 4.85. The van der Waals surface area contributed by atoms with Crippen LogP contribution in [0.4, 0.5) is 0 Å². The molecule has 2 aromatic rings. The molecule has 2 heterocycles. The van der Waals surface area contributed by atoms with Crippen LogP contribution in [0.5, 0.6) is 0 Å². The highest BCUT2D eigenvalue weighted by molar-refractivity contribution is 6.33. The number of carboxylic acids is 1. The summed E-state index contributed by atoms with van der Waals surface area (Å²) in [5.74, 6) is -0.826. The fraction of sp³-hybridized carbons (Fsp3) is 0. The van der Waals surface area contributed by atoms with E-state index in [0.29, 0.717) is 0 Å². The van der Waals surface area contributed by atoms with Crippen LogP contribution in [0.25, 0.3) is 5.82 Å². The van der Waals surface area contributed by atoms with Crippen LogP contribution in [0.3, 0.4) is 0 Å². The van der Waals surface area contributed by atoms with Crippen LogP contribution in [0.15, 0.2) is 24.5 Å². The molecule has 0 saturated carbocycles. The second-order valence-corrected chi connectivity index (χ2v) is 3.44. The Kier molecular flexibility index (Phi) is 2.77. The van der Waals surface area contributed by atoms with E-state index in [9.17, 15) is 4.79 Å². The molecule has 2 aromatic heterocycles. The molecule has 0 fully saturated rings. The maximum Gasteiger partial charge on any atom is 0.356 e. The van der Waals surface area contributed by atoms with E-state index < -0.39 is 5.97 Å². The van der Waals surface area contributed by atoms with E-state index in [1.807, 2.05) is 6.07 Å². The van der Waals surface area contributed by atoms with Crippen molar-refractivity contribution in [2.75, 3.05) is 0 Å². The molecular weight excluding hydrogens is 244 g/mol. The zero-order valence-electron chi connectivity index (χ0n) is 8.33. The third kappa shape index (κ3) is 1.96. The van der Waals surface area contributed by atoms with Gasteiger partial charge in [-0.25, -0.2) is 14.8 Å². The zero-order chi connectivity index (χ0) is 12.4. The van der Waals surface area contributed by atoms with Crippen molar-refractivity contribution in [1.82, 2.24) is 14.5 Å². The van der Waals surface area contributed by atoms with Crippen molar-refractivity contribution in [3.8, 4) is 11.9 Å². The number of hydrogen-bond acceptors (Lipinski definition) is 4. The molecule has 6 nitrogen and oxygen atoms in total. The normalized spacial score (nSPS) is 9.88. The molecule has 17 heavy (non-hydrogen) atoms. The van der Waals surface area contributed by atoms with E-state index in [1.165, 1.54) is 29.1 Å². The van der Waals surface area contributed by atoms with Gasteiger partial charge in [0, 0.05) is 12.4 Å². The summed E-state index contributed by atoms with van der Waals surface area (Å²) >= 11 is 5.69. The number of nitriles is 1. The molecule has 0 aliphatic carbocycles. The zero-order valence-corrected chi connectivity index (χ0v) is 9.09. The van der Waals surface area contributed by atoms with Gasteiger partial charge in [-0.1, -0.05) is 11.6 Å². The Hall–Kier alpha value is -2.39. The Morgan fingerprint density at radius 2 is 2.29 bits per heavy atom.